The summed E-state index contributed by atoms with van der Waals surface area (Å²) in [7, 11) is 0. The van der Waals surface area contributed by atoms with Crippen molar-refractivity contribution >= 4 is 6.29 Å². The Morgan fingerprint density at radius 1 is 1.80 bits per heavy atom. The molecule has 0 aromatic rings. The standard InChI is InChI=1S/C7H12O3/c1-6(4-8)10-7-2-3-9-5-7/h4,6-7H,2-3,5H2,1H3/t6-,7+/m1/s1. The summed E-state index contributed by atoms with van der Waals surface area (Å²) >= 11 is 0. The summed E-state index contributed by atoms with van der Waals surface area (Å²) < 4.78 is 10.3. The van der Waals surface area contributed by atoms with Gasteiger partial charge in [0.1, 0.15) is 12.4 Å². The van der Waals surface area contributed by atoms with Crippen LogP contribution in [0.2, 0.25) is 0 Å². The normalized spacial score (nSPS) is 28.3. The second kappa shape index (κ2) is 3.68. The summed E-state index contributed by atoms with van der Waals surface area (Å²) in [4.78, 5) is 10.1. The predicted molar refractivity (Wildman–Crippen MR) is 35.8 cm³/mol. The van der Waals surface area contributed by atoms with Crippen molar-refractivity contribution in [2.45, 2.75) is 25.6 Å². The van der Waals surface area contributed by atoms with Crippen molar-refractivity contribution in [2.24, 2.45) is 0 Å². The molecule has 0 spiro atoms. The molecule has 0 aromatic carbocycles. The van der Waals surface area contributed by atoms with Crippen molar-refractivity contribution in [1.82, 2.24) is 0 Å². The minimum Gasteiger partial charge on any atom is -0.379 e. The predicted octanol–water partition coefficient (Wildman–Crippen LogP) is 0.379. The highest BCUT2D eigenvalue weighted by Crippen LogP contribution is 2.09. The molecule has 1 heterocycles. The topological polar surface area (TPSA) is 35.5 Å². The fourth-order valence-electron chi connectivity index (χ4n) is 0.956. The first kappa shape index (κ1) is 7.69. The van der Waals surface area contributed by atoms with Crippen LogP contribution in [-0.2, 0) is 14.3 Å². The van der Waals surface area contributed by atoms with Gasteiger partial charge in [-0.15, -0.1) is 0 Å². The smallest absolute Gasteiger partial charge is 0.148 e. The summed E-state index contributed by atoms with van der Waals surface area (Å²) in [6, 6.07) is 0. The molecule has 0 aliphatic carbocycles. The number of ether oxygens (including phenoxy) is 2. The van der Waals surface area contributed by atoms with E-state index in [1.54, 1.807) is 6.92 Å². The van der Waals surface area contributed by atoms with Gasteiger partial charge in [-0.3, -0.25) is 0 Å². The second-order valence-electron chi connectivity index (χ2n) is 2.46. The van der Waals surface area contributed by atoms with E-state index in [1.165, 1.54) is 0 Å². The molecule has 1 rings (SSSR count). The maximum absolute atomic E-state index is 10.1. The van der Waals surface area contributed by atoms with Gasteiger partial charge in [0.2, 0.25) is 0 Å². The molecule has 1 fully saturated rings. The van der Waals surface area contributed by atoms with Crippen LogP contribution in [0.5, 0.6) is 0 Å². The molecule has 10 heavy (non-hydrogen) atoms. The van der Waals surface area contributed by atoms with Gasteiger partial charge in [0.15, 0.2) is 0 Å². The molecule has 0 bridgehead atoms. The quantitative estimate of drug-likeness (QED) is 0.537. The molecular weight excluding hydrogens is 132 g/mol. The van der Waals surface area contributed by atoms with Crippen LogP contribution in [0.25, 0.3) is 0 Å². The zero-order valence-corrected chi connectivity index (χ0v) is 6.08. The largest absolute Gasteiger partial charge is 0.379 e. The highest BCUT2D eigenvalue weighted by molar-refractivity contribution is 5.55. The Morgan fingerprint density at radius 2 is 2.60 bits per heavy atom. The van der Waals surface area contributed by atoms with Crippen LogP contribution in [-0.4, -0.2) is 31.7 Å². The van der Waals surface area contributed by atoms with Crippen molar-refractivity contribution in [3.05, 3.63) is 0 Å². The van der Waals surface area contributed by atoms with Gasteiger partial charge in [-0.05, 0) is 13.3 Å². The lowest BCUT2D eigenvalue weighted by molar-refractivity contribution is -0.120. The Hall–Kier alpha value is -0.410. The molecule has 0 N–H and O–H groups in total. The van der Waals surface area contributed by atoms with E-state index in [0.717, 1.165) is 19.3 Å². The van der Waals surface area contributed by atoms with E-state index in [9.17, 15) is 4.79 Å². The van der Waals surface area contributed by atoms with Gasteiger partial charge in [-0.1, -0.05) is 0 Å². The monoisotopic (exact) mass is 144 g/mol. The Labute approximate surface area is 60.3 Å². The van der Waals surface area contributed by atoms with E-state index in [-0.39, 0.29) is 12.2 Å². The van der Waals surface area contributed by atoms with Gasteiger partial charge < -0.3 is 14.3 Å². The SMILES string of the molecule is C[C@H](C=O)O[C@H]1CCOC1. The van der Waals surface area contributed by atoms with E-state index in [1.807, 2.05) is 0 Å². The van der Waals surface area contributed by atoms with Crippen LogP contribution in [0.1, 0.15) is 13.3 Å². The first-order valence-electron chi connectivity index (χ1n) is 3.51. The summed E-state index contributed by atoms with van der Waals surface area (Å²) in [5, 5.41) is 0. The Balaban J connectivity index is 2.17. The Kier molecular flexibility index (Phi) is 2.83. The highest BCUT2D eigenvalue weighted by Gasteiger charge is 2.17. The van der Waals surface area contributed by atoms with E-state index >= 15 is 0 Å². The third kappa shape index (κ3) is 2.08. The van der Waals surface area contributed by atoms with Gasteiger partial charge in [-0.2, -0.15) is 0 Å². The van der Waals surface area contributed by atoms with Crippen LogP contribution < -0.4 is 0 Å². The third-order valence-corrected chi connectivity index (χ3v) is 1.49. The molecule has 2 atom stereocenters. The molecule has 0 saturated carbocycles. The minimum atomic E-state index is -0.285. The lowest BCUT2D eigenvalue weighted by Gasteiger charge is -2.11. The lowest BCUT2D eigenvalue weighted by Crippen LogP contribution is -2.20. The molecule has 1 aliphatic heterocycles. The number of hydrogen-bond donors (Lipinski definition) is 0. The van der Waals surface area contributed by atoms with Crippen molar-refractivity contribution in [3.63, 3.8) is 0 Å². The van der Waals surface area contributed by atoms with Gasteiger partial charge in [-0.25, -0.2) is 0 Å². The van der Waals surface area contributed by atoms with E-state index in [2.05, 4.69) is 0 Å². The van der Waals surface area contributed by atoms with Crippen molar-refractivity contribution in [1.29, 1.82) is 0 Å². The van der Waals surface area contributed by atoms with Crippen molar-refractivity contribution in [2.75, 3.05) is 13.2 Å². The van der Waals surface area contributed by atoms with E-state index < -0.39 is 0 Å². The molecule has 0 amide bonds. The van der Waals surface area contributed by atoms with Crippen LogP contribution in [0.4, 0.5) is 0 Å². The molecule has 1 aliphatic rings. The zero-order chi connectivity index (χ0) is 7.40. The van der Waals surface area contributed by atoms with Gasteiger partial charge in [0.25, 0.3) is 0 Å². The summed E-state index contributed by atoms with van der Waals surface area (Å²) in [5.74, 6) is 0. The summed E-state index contributed by atoms with van der Waals surface area (Å²) in [6.45, 7) is 3.14. The lowest BCUT2D eigenvalue weighted by atomic mass is 10.3. The van der Waals surface area contributed by atoms with Gasteiger partial charge in [0, 0.05) is 6.61 Å². The van der Waals surface area contributed by atoms with Crippen LogP contribution >= 0.6 is 0 Å². The molecular formula is C7H12O3. The zero-order valence-electron chi connectivity index (χ0n) is 6.08. The number of carbonyl (C=O) groups is 1. The summed E-state index contributed by atoms with van der Waals surface area (Å²) in [6.07, 6.45) is 1.57. The average molecular weight is 144 g/mol. The van der Waals surface area contributed by atoms with Crippen molar-refractivity contribution in [3.8, 4) is 0 Å². The first-order chi connectivity index (χ1) is 4.83. The highest BCUT2D eigenvalue weighted by atomic mass is 16.6. The molecule has 0 aromatic heterocycles. The van der Waals surface area contributed by atoms with Crippen LogP contribution in [0.3, 0.4) is 0 Å². The number of rotatable bonds is 3. The van der Waals surface area contributed by atoms with E-state index in [4.69, 9.17) is 9.47 Å². The minimum absolute atomic E-state index is 0.139. The van der Waals surface area contributed by atoms with Crippen molar-refractivity contribution < 1.29 is 14.3 Å². The third-order valence-electron chi connectivity index (χ3n) is 1.49. The second-order valence-corrected chi connectivity index (χ2v) is 2.46. The average Bonchev–Trinajstić information content (AvgIpc) is 2.40. The van der Waals surface area contributed by atoms with Gasteiger partial charge in [0.05, 0.1) is 12.7 Å². The fraction of sp³-hybridized carbons (Fsp3) is 0.857. The molecule has 3 heteroatoms. The van der Waals surface area contributed by atoms with E-state index in [0.29, 0.717) is 6.61 Å². The number of carbonyl (C=O) groups excluding carboxylic acids is 1. The maximum atomic E-state index is 10.1. The Bertz CT molecular complexity index is 107. The molecule has 58 valence electrons. The number of aldehydes is 1. The number of hydrogen-bond acceptors (Lipinski definition) is 3. The van der Waals surface area contributed by atoms with Gasteiger partial charge >= 0.3 is 0 Å². The molecule has 1 saturated heterocycles. The molecule has 0 unspecified atom stereocenters. The molecule has 3 nitrogen and oxygen atoms in total. The first-order valence-corrected chi connectivity index (χ1v) is 3.51. The fourth-order valence-corrected chi connectivity index (χ4v) is 0.956. The van der Waals surface area contributed by atoms with Crippen LogP contribution in [0.15, 0.2) is 0 Å². The Morgan fingerprint density at radius 3 is 3.10 bits per heavy atom. The summed E-state index contributed by atoms with van der Waals surface area (Å²) in [5.41, 5.74) is 0. The maximum Gasteiger partial charge on any atom is 0.148 e. The van der Waals surface area contributed by atoms with Crippen LogP contribution in [0, 0.1) is 0 Å². The molecule has 0 radical (unpaired) electrons.